The molecule has 0 radical (unpaired) electrons. The second kappa shape index (κ2) is 5.65. The van der Waals surface area contributed by atoms with E-state index in [1.807, 2.05) is 0 Å². The van der Waals surface area contributed by atoms with Crippen molar-refractivity contribution in [2.45, 2.75) is 51.7 Å². The Hall–Kier alpha value is -0.860. The Morgan fingerprint density at radius 1 is 1.41 bits per heavy atom. The molecule has 1 aliphatic rings. The lowest BCUT2D eigenvalue weighted by Crippen LogP contribution is -2.48. The van der Waals surface area contributed by atoms with Gasteiger partial charge in [-0.2, -0.15) is 0 Å². The maximum Gasteiger partial charge on any atom is 0.0248 e. The van der Waals surface area contributed by atoms with Crippen molar-refractivity contribution in [1.82, 2.24) is 4.90 Å². The molecule has 2 heteroatoms. The molecule has 2 N–H and O–H groups in total. The summed E-state index contributed by atoms with van der Waals surface area (Å²) in [5.41, 5.74) is 8.86. The monoisotopic (exact) mass is 232 g/mol. The van der Waals surface area contributed by atoms with Gasteiger partial charge >= 0.3 is 0 Å². The number of rotatable bonds is 3. The molecule has 0 saturated carbocycles. The van der Waals surface area contributed by atoms with Gasteiger partial charge in [-0.25, -0.2) is 0 Å². The molecule has 0 bridgehead atoms. The van der Waals surface area contributed by atoms with Gasteiger partial charge in [-0.1, -0.05) is 36.2 Å². The molecule has 1 aromatic carbocycles. The molecule has 1 heterocycles. The molecule has 2 rings (SSSR count). The number of aryl methyl sites for hydroxylation is 1. The molecule has 94 valence electrons. The number of hydrogen-bond acceptors (Lipinski definition) is 2. The van der Waals surface area contributed by atoms with Gasteiger partial charge in [0.15, 0.2) is 0 Å². The van der Waals surface area contributed by atoms with Crippen LogP contribution in [0.15, 0.2) is 24.3 Å². The molecule has 0 aliphatic carbocycles. The second-order valence-corrected chi connectivity index (χ2v) is 5.38. The zero-order valence-electron chi connectivity index (χ0n) is 11.0. The van der Waals surface area contributed by atoms with Gasteiger partial charge in [-0.3, -0.25) is 4.90 Å². The summed E-state index contributed by atoms with van der Waals surface area (Å²) in [7, 11) is 0. The van der Waals surface area contributed by atoms with Crippen molar-refractivity contribution in [3.8, 4) is 0 Å². The van der Waals surface area contributed by atoms with Crippen LogP contribution in [0.2, 0.25) is 0 Å². The van der Waals surface area contributed by atoms with Gasteiger partial charge < -0.3 is 5.73 Å². The Kier molecular flexibility index (Phi) is 4.19. The zero-order valence-corrected chi connectivity index (χ0v) is 11.0. The summed E-state index contributed by atoms with van der Waals surface area (Å²) in [6.45, 7) is 6.54. The van der Waals surface area contributed by atoms with Gasteiger partial charge in [0.2, 0.25) is 0 Å². The summed E-state index contributed by atoms with van der Waals surface area (Å²) in [6, 6.07) is 9.65. The third-order valence-corrected chi connectivity index (χ3v) is 3.74. The first-order chi connectivity index (χ1) is 8.16. The molecular weight excluding hydrogens is 208 g/mol. The second-order valence-electron chi connectivity index (χ2n) is 5.38. The predicted molar refractivity (Wildman–Crippen MR) is 72.9 cm³/mol. The topological polar surface area (TPSA) is 29.3 Å². The fraction of sp³-hybridized carbons (Fsp3) is 0.600. The highest BCUT2D eigenvalue weighted by Crippen LogP contribution is 2.21. The number of hydrogen-bond donors (Lipinski definition) is 1. The molecule has 2 atom stereocenters. The first-order valence-corrected chi connectivity index (χ1v) is 6.72. The fourth-order valence-corrected chi connectivity index (χ4v) is 2.85. The third kappa shape index (κ3) is 3.30. The summed E-state index contributed by atoms with van der Waals surface area (Å²) < 4.78 is 0. The molecule has 17 heavy (non-hydrogen) atoms. The lowest BCUT2D eigenvalue weighted by atomic mass is 9.96. The van der Waals surface area contributed by atoms with Crippen molar-refractivity contribution in [1.29, 1.82) is 0 Å². The fourth-order valence-electron chi connectivity index (χ4n) is 2.85. The van der Waals surface area contributed by atoms with Crippen LogP contribution >= 0.6 is 0 Å². The molecule has 2 nitrogen and oxygen atoms in total. The minimum Gasteiger partial charge on any atom is -0.327 e. The Bertz CT molecular complexity index is 360. The summed E-state index contributed by atoms with van der Waals surface area (Å²) in [4.78, 5) is 2.56. The van der Waals surface area contributed by atoms with Crippen LogP contribution in [-0.4, -0.2) is 23.5 Å². The summed E-state index contributed by atoms with van der Waals surface area (Å²) in [5, 5.41) is 0. The van der Waals surface area contributed by atoms with E-state index >= 15 is 0 Å². The Morgan fingerprint density at radius 2 is 2.24 bits per heavy atom. The van der Waals surface area contributed by atoms with Crippen LogP contribution in [0, 0.1) is 6.92 Å². The van der Waals surface area contributed by atoms with Crippen LogP contribution in [0.3, 0.4) is 0 Å². The minimum absolute atomic E-state index is 0.278. The highest BCUT2D eigenvalue weighted by molar-refractivity contribution is 5.22. The van der Waals surface area contributed by atoms with Crippen molar-refractivity contribution in [3.05, 3.63) is 35.4 Å². The van der Waals surface area contributed by atoms with Crippen molar-refractivity contribution in [2.75, 3.05) is 6.54 Å². The normalized spacial score (nSPS) is 23.6. The van der Waals surface area contributed by atoms with Gasteiger partial charge in [-0.15, -0.1) is 0 Å². The van der Waals surface area contributed by atoms with Gasteiger partial charge in [0, 0.05) is 18.6 Å². The van der Waals surface area contributed by atoms with E-state index < -0.39 is 0 Å². The number of piperidine rings is 1. The highest BCUT2D eigenvalue weighted by atomic mass is 15.2. The Labute approximate surface area is 105 Å². The largest absolute Gasteiger partial charge is 0.327 e. The molecule has 2 unspecified atom stereocenters. The Morgan fingerprint density at radius 3 is 2.94 bits per heavy atom. The van der Waals surface area contributed by atoms with Crippen molar-refractivity contribution >= 4 is 0 Å². The minimum atomic E-state index is 0.278. The van der Waals surface area contributed by atoms with Gasteiger partial charge in [0.25, 0.3) is 0 Å². The van der Waals surface area contributed by atoms with Crippen LogP contribution < -0.4 is 5.73 Å². The summed E-state index contributed by atoms with van der Waals surface area (Å²) >= 11 is 0. The van der Waals surface area contributed by atoms with Gasteiger partial charge in [0.1, 0.15) is 0 Å². The number of likely N-dealkylation sites (tertiary alicyclic amines) is 1. The average Bonchev–Trinajstić information content (AvgIpc) is 2.29. The first-order valence-electron chi connectivity index (χ1n) is 6.72. The van der Waals surface area contributed by atoms with E-state index in [1.54, 1.807) is 0 Å². The Balaban J connectivity index is 2.05. The molecule has 1 saturated heterocycles. The van der Waals surface area contributed by atoms with Crippen molar-refractivity contribution in [2.24, 2.45) is 5.73 Å². The van der Waals surface area contributed by atoms with Crippen molar-refractivity contribution < 1.29 is 0 Å². The standard InChI is InChI=1S/C15H24N2/c1-12-6-5-7-14(10-12)11-17-9-4-3-8-15(17)13(2)16/h5-7,10,13,15H,3-4,8-9,11,16H2,1-2H3. The maximum absolute atomic E-state index is 6.10. The molecular formula is C15H24N2. The average molecular weight is 232 g/mol. The van der Waals surface area contributed by atoms with Crippen LogP contribution in [-0.2, 0) is 6.54 Å². The lowest BCUT2D eigenvalue weighted by Gasteiger charge is -2.38. The number of nitrogens with zero attached hydrogens (tertiary/aromatic N) is 1. The van der Waals surface area contributed by atoms with E-state index in [2.05, 4.69) is 43.0 Å². The van der Waals surface area contributed by atoms with Gasteiger partial charge in [0.05, 0.1) is 0 Å². The third-order valence-electron chi connectivity index (χ3n) is 3.74. The summed E-state index contributed by atoms with van der Waals surface area (Å²) in [5.74, 6) is 0. The summed E-state index contributed by atoms with van der Waals surface area (Å²) in [6.07, 6.45) is 3.90. The van der Waals surface area contributed by atoms with Crippen LogP contribution in [0.4, 0.5) is 0 Å². The molecule has 0 amide bonds. The van der Waals surface area contributed by atoms with E-state index in [9.17, 15) is 0 Å². The molecule has 0 spiro atoms. The van der Waals surface area contributed by atoms with E-state index in [0.29, 0.717) is 6.04 Å². The quantitative estimate of drug-likeness (QED) is 0.868. The molecule has 1 aromatic rings. The van der Waals surface area contributed by atoms with E-state index in [0.717, 1.165) is 6.54 Å². The maximum atomic E-state index is 6.10. The lowest BCUT2D eigenvalue weighted by molar-refractivity contribution is 0.123. The molecule has 0 aromatic heterocycles. The van der Waals surface area contributed by atoms with E-state index in [4.69, 9.17) is 5.73 Å². The first kappa shape index (κ1) is 12.6. The van der Waals surface area contributed by atoms with E-state index in [1.165, 1.54) is 36.9 Å². The zero-order chi connectivity index (χ0) is 12.3. The van der Waals surface area contributed by atoms with Gasteiger partial charge in [-0.05, 0) is 38.8 Å². The predicted octanol–water partition coefficient (Wildman–Crippen LogP) is 2.70. The SMILES string of the molecule is Cc1cccc(CN2CCCCC2C(C)N)c1. The number of benzene rings is 1. The highest BCUT2D eigenvalue weighted by Gasteiger charge is 2.25. The molecule has 1 aliphatic heterocycles. The van der Waals surface area contributed by atoms with Crippen LogP contribution in [0.25, 0.3) is 0 Å². The number of nitrogens with two attached hydrogens (primary N) is 1. The molecule has 1 fully saturated rings. The van der Waals surface area contributed by atoms with Crippen LogP contribution in [0.5, 0.6) is 0 Å². The van der Waals surface area contributed by atoms with Crippen molar-refractivity contribution in [3.63, 3.8) is 0 Å². The smallest absolute Gasteiger partial charge is 0.0248 e. The van der Waals surface area contributed by atoms with Crippen LogP contribution in [0.1, 0.15) is 37.3 Å². The van der Waals surface area contributed by atoms with E-state index in [-0.39, 0.29) is 6.04 Å².